The summed E-state index contributed by atoms with van der Waals surface area (Å²) >= 11 is 8.63. The molecule has 2 aromatic carbocycles. The van der Waals surface area contributed by atoms with E-state index in [1.54, 1.807) is 0 Å². The molecule has 0 spiro atoms. The Kier molecular flexibility index (Phi) is 5.47. The van der Waals surface area contributed by atoms with Crippen LogP contribution in [-0.2, 0) is 6.42 Å². The van der Waals surface area contributed by atoms with Gasteiger partial charge in [-0.25, -0.2) is 0 Å². The van der Waals surface area contributed by atoms with E-state index in [1.807, 2.05) is 12.1 Å². The molecule has 2 rings (SSSR count). The van der Waals surface area contributed by atoms with E-state index in [2.05, 4.69) is 70.4 Å². The summed E-state index contributed by atoms with van der Waals surface area (Å²) in [4.78, 5) is 0. The topological polar surface area (TPSA) is 12.0 Å². The third-order valence-electron chi connectivity index (χ3n) is 2.72. The lowest BCUT2D eigenvalue weighted by molar-refractivity contribution is 0.665. The fourth-order valence-corrected chi connectivity index (χ4v) is 2.58. The summed E-state index contributed by atoms with van der Waals surface area (Å²) in [6.45, 7) is 0.879. The molecule has 0 heterocycles. The Labute approximate surface area is 127 Å². The number of alkyl halides is 1. The minimum atomic E-state index is -0.122. The van der Waals surface area contributed by atoms with E-state index < -0.39 is 0 Å². The molecule has 2 aromatic rings. The largest absolute Gasteiger partial charge is 0.297 e. The second kappa shape index (κ2) is 7.12. The first-order chi connectivity index (χ1) is 8.75. The van der Waals surface area contributed by atoms with Gasteiger partial charge in [0.05, 0.1) is 0 Å². The molecule has 3 heteroatoms. The number of hydrogen-bond acceptors (Lipinski definition) is 1. The predicted octanol–water partition coefficient (Wildman–Crippen LogP) is 4.36. The first-order valence-electron chi connectivity index (χ1n) is 5.92. The van der Waals surface area contributed by atoms with E-state index in [1.165, 1.54) is 9.13 Å². The molecule has 0 saturated heterocycles. The minimum absolute atomic E-state index is 0.122. The van der Waals surface area contributed by atoms with Crippen molar-refractivity contribution >= 4 is 34.2 Å². The standard InChI is InChI=1S/C15H15ClIN/c16-15(13-7-4-8-14(17)11-13)18-10-9-12-5-2-1-3-6-12/h1-8,11,15,18H,9-10H2. The summed E-state index contributed by atoms with van der Waals surface area (Å²) in [6, 6.07) is 18.7. The van der Waals surface area contributed by atoms with Crippen molar-refractivity contribution in [2.75, 3.05) is 6.54 Å². The van der Waals surface area contributed by atoms with Crippen LogP contribution in [0, 0.1) is 3.57 Å². The molecule has 18 heavy (non-hydrogen) atoms. The van der Waals surface area contributed by atoms with Crippen LogP contribution in [0.15, 0.2) is 54.6 Å². The molecule has 0 amide bonds. The van der Waals surface area contributed by atoms with Crippen LogP contribution in [-0.4, -0.2) is 6.54 Å². The van der Waals surface area contributed by atoms with Crippen LogP contribution in [0.5, 0.6) is 0 Å². The molecule has 0 fully saturated rings. The average molecular weight is 372 g/mol. The maximum absolute atomic E-state index is 6.33. The van der Waals surface area contributed by atoms with Crippen LogP contribution in [0.25, 0.3) is 0 Å². The average Bonchev–Trinajstić information content (AvgIpc) is 2.40. The molecular formula is C15H15ClIN. The number of rotatable bonds is 5. The quantitative estimate of drug-likeness (QED) is 0.468. The lowest BCUT2D eigenvalue weighted by Crippen LogP contribution is -2.19. The summed E-state index contributed by atoms with van der Waals surface area (Å²) in [5.74, 6) is 0. The van der Waals surface area contributed by atoms with Crippen LogP contribution >= 0.6 is 34.2 Å². The Balaban J connectivity index is 1.83. The number of hydrogen-bond donors (Lipinski definition) is 1. The van der Waals surface area contributed by atoms with Gasteiger partial charge in [-0.15, -0.1) is 11.6 Å². The van der Waals surface area contributed by atoms with E-state index in [9.17, 15) is 0 Å². The molecule has 0 aliphatic carbocycles. The Bertz CT molecular complexity index is 487. The summed E-state index contributed by atoms with van der Waals surface area (Å²) < 4.78 is 1.21. The number of nitrogens with one attached hydrogen (secondary N) is 1. The Morgan fingerprint density at radius 3 is 2.56 bits per heavy atom. The van der Waals surface area contributed by atoms with E-state index in [0.717, 1.165) is 18.5 Å². The molecular weight excluding hydrogens is 357 g/mol. The van der Waals surface area contributed by atoms with Gasteiger partial charge < -0.3 is 0 Å². The van der Waals surface area contributed by atoms with Gasteiger partial charge in [-0.3, -0.25) is 5.32 Å². The Hall–Kier alpha value is -0.580. The molecule has 0 radical (unpaired) electrons. The van der Waals surface area contributed by atoms with E-state index >= 15 is 0 Å². The molecule has 1 atom stereocenters. The molecule has 0 saturated carbocycles. The minimum Gasteiger partial charge on any atom is -0.297 e. The van der Waals surface area contributed by atoms with Crippen LogP contribution in [0.1, 0.15) is 16.6 Å². The van der Waals surface area contributed by atoms with Crippen molar-refractivity contribution in [2.45, 2.75) is 11.9 Å². The molecule has 0 aromatic heterocycles. The summed E-state index contributed by atoms with van der Waals surface area (Å²) in [5.41, 5.74) is 2.33. The number of halogens is 2. The van der Waals surface area contributed by atoms with Crippen molar-refractivity contribution in [1.82, 2.24) is 5.32 Å². The zero-order chi connectivity index (χ0) is 12.8. The van der Waals surface area contributed by atoms with Gasteiger partial charge in [-0.1, -0.05) is 42.5 Å². The second-order valence-electron chi connectivity index (χ2n) is 4.11. The smallest absolute Gasteiger partial charge is 0.108 e. The second-order valence-corrected chi connectivity index (χ2v) is 5.79. The molecule has 1 N–H and O–H groups in total. The molecule has 1 unspecified atom stereocenters. The lowest BCUT2D eigenvalue weighted by Gasteiger charge is -2.12. The van der Waals surface area contributed by atoms with Crippen molar-refractivity contribution < 1.29 is 0 Å². The van der Waals surface area contributed by atoms with Crippen molar-refractivity contribution in [3.8, 4) is 0 Å². The van der Waals surface area contributed by atoms with Crippen molar-refractivity contribution in [3.05, 3.63) is 69.3 Å². The highest BCUT2D eigenvalue weighted by atomic mass is 127. The van der Waals surface area contributed by atoms with Crippen LogP contribution in [0.3, 0.4) is 0 Å². The molecule has 0 aliphatic heterocycles. The summed E-state index contributed by atoms with van der Waals surface area (Å²) in [7, 11) is 0. The van der Waals surface area contributed by atoms with Crippen molar-refractivity contribution in [3.63, 3.8) is 0 Å². The first-order valence-corrected chi connectivity index (χ1v) is 7.44. The zero-order valence-corrected chi connectivity index (χ0v) is 12.9. The first kappa shape index (κ1) is 13.8. The van der Waals surface area contributed by atoms with Gasteiger partial charge in [-0.05, 0) is 52.3 Å². The predicted molar refractivity (Wildman–Crippen MR) is 85.9 cm³/mol. The van der Waals surface area contributed by atoms with Crippen molar-refractivity contribution in [2.24, 2.45) is 0 Å². The van der Waals surface area contributed by atoms with Crippen LogP contribution < -0.4 is 5.32 Å². The highest BCUT2D eigenvalue weighted by Gasteiger charge is 2.06. The van der Waals surface area contributed by atoms with Gasteiger partial charge in [-0.2, -0.15) is 0 Å². The van der Waals surface area contributed by atoms with E-state index in [-0.39, 0.29) is 5.50 Å². The molecule has 1 nitrogen and oxygen atoms in total. The highest BCUT2D eigenvalue weighted by Crippen LogP contribution is 2.19. The SMILES string of the molecule is ClC(NCCc1ccccc1)c1cccc(I)c1. The monoisotopic (exact) mass is 371 g/mol. The van der Waals surface area contributed by atoms with Gasteiger partial charge in [0.2, 0.25) is 0 Å². The van der Waals surface area contributed by atoms with E-state index in [0.29, 0.717) is 0 Å². The molecule has 0 bridgehead atoms. The van der Waals surface area contributed by atoms with Gasteiger partial charge in [0.15, 0.2) is 0 Å². The molecule has 0 aliphatic rings. The summed E-state index contributed by atoms with van der Waals surface area (Å²) in [5, 5.41) is 3.34. The van der Waals surface area contributed by atoms with E-state index in [4.69, 9.17) is 11.6 Å². The lowest BCUT2D eigenvalue weighted by atomic mass is 10.1. The van der Waals surface area contributed by atoms with Gasteiger partial charge in [0.25, 0.3) is 0 Å². The van der Waals surface area contributed by atoms with Crippen LogP contribution in [0.2, 0.25) is 0 Å². The van der Waals surface area contributed by atoms with Crippen LogP contribution in [0.4, 0.5) is 0 Å². The third kappa shape index (κ3) is 4.26. The Morgan fingerprint density at radius 2 is 1.83 bits per heavy atom. The zero-order valence-electron chi connectivity index (χ0n) is 9.94. The molecule has 94 valence electrons. The van der Waals surface area contributed by atoms with Gasteiger partial charge >= 0.3 is 0 Å². The third-order valence-corrected chi connectivity index (χ3v) is 3.80. The van der Waals surface area contributed by atoms with Crippen molar-refractivity contribution in [1.29, 1.82) is 0 Å². The fraction of sp³-hybridized carbons (Fsp3) is 0.200. The van der Waals surface area contributed by atoms with Gasteiger partial charge in [0.1, 0.15) is 5.50 Å². The highest BCUT2D eigenvalue weighted by molar-refractivity contribution is 14.1. The maximum atomic E-state index is 6.33. The Morgan fingerprint density at radius 1 is 1.06 bits per heavy atom. The fourth-order valence-electron chi connectivity index (χ4n) is 1.77. The maximum Gasteiger partial charge on any atom is 0.108 e. The summed E-state index contributed by atoms with van der Waals surface area (Å²) in [6.07, 6.45) is 0.994. The van der Waals surface area contributed by atoms with Gasteiger partial charge in [0, 0.05) is 10.1 Å². The normalized spacial score (nSPS) is 12.3. The number of benzene rings is 2.